The van der Waals surface area contributed by atoms with Crippen molar-refractivity contribution in [2.75, 3.05) is 13.1 Å². The van der Waals surface area contributed by atoms with Crippen LogP contribution in [0.5, 0.6) is 11.6 Å². The zero-order valence-corrected chi connectivity index (χ0v) is 13.8. The summed E-state index contributed by atoms with van der Waals surface area (Å²) in [5.41, 5.74) is -0.210. The second-order valence-corrected chi connectivity index (χ2v) is 6.00. The Hall–Kier alpha value is -2.61. The Kier molecular flexibility index (Phi) is 5.41. The predicted molar refractivity (Wildman–Crippen MR) is 88.6 cm³/mol. The van der Waals surface area contributed by atoms with E-state index in [0.717, 1.165) is 25.1 Å². The number of carbonyl (C=O) groups excluding carboxylic acids is 1. The molecule has 2 aromatic rings. The van der Waals surface area contributed by atoms with Gasteiger partial charge in [-0.2, -0.15) is 13.2 Å². The fraction of sp³-hybridized carbons (Fsp3) is 0.333. The molecule has 0 bridgehead atoms. The predicted octanol–water partition coefficient (Wildman–Crippen LogP) is 3.12. The van der Waals surface area contributed by atoms with E-state index in [0.29, 0.717) is 12.1 Å². The maximum atomic E-state index is 12.8. The lowest BCUT2D eigenvalue weighted by molar-refractivity contribution is -0.137. The molecule has 1 atom stereocenters. The molecular weight excluding hydrogens is 347 g/mol. The summed E-state index contributed by atoms with van der Waals surface area (Å²) in [5.74, 6) is 0.0612. The third-order valence-electron chi connectivity index (χ3n) is 4.11. The molecule has 3 rings (SSSR count). The van der Waals surface area contributed by atoms with E-state index < -0.39 is 11.7 Å². The van der Waals surface area contributed by atoms with Crippen LogP contribution in [0.1, 0.15) is 17.5 Å². The van der Waals surface area contributed by atoms with Gasteiger partial charge in [0.25, 0.3) is 0 Å². The second kappa shape index (κ2) is 7.74. The number of hydrogen-bond donors (Lipinski definition) is 2. The van der Waals surface area contributed by atoms with Crippen molar-refractivity contribution in [3.8, 4) is 11.6 Å². The molecule has 1 aromatic heterocycles. The van der Waals surface area contributed by atoms with Crippen LogP contribution in [-0.4, -0.2) is 24.0 Å². The standard InChI is InChI=1S/C18H18F3N3O2/c19-18(20,21)14-4-1-5-15(9-14)26-17-13(3-2-7-23-17)11-24-16(25)12-6-8-22-10-12/h1-5,7,9,12,22H,6,8,10-11H2,(H,24,25)/t12-/m1/s1. The van der Waals surface area contributed by atoms with Gasteiger partial charge in [-0.3, -0.25) is 4.79 Å². The van der Waals surface area contributed by atoms with Gasteiger partial charge in [0.15, 0.2) is 0 Å². The summed E-state index contributed by atoms with van der Waals surface area (Å²) in [4.78, 5) is 16.2. The van der Waals surface area contributed by atoms with Gasteiger partial charge in [-0.1, -0.05) is 12.1 Å². The Bertz CT molecular complexity index is 774. The zero-order chi connectivity index (χ0) is 18.6. The molecule has 0 aliphatic carbocycles. The van der Waals surface area contributed by atoms with Crippen LogP contribution in [-0.2, 0) is 17.5 Å². The molecule has 0 saturated carbocycles. The minimum atomic E-state index is -4.45. The minimum absolute atomic E-state index is 0.0334. The molecular formula is C18H18F3N3O2. The number of nitrogens with one attached hydrogen (secondary N) is 2. The monoisotopic (exact) mass is 365 g/mol. The lowest BCUT2D eigenvalue weighted by atomic mass is 10.1. The van der Waals surface area contributed by atoms with Crippen LogP contribution in [0.2, 0.25) is 0 Å². The summed E-state index contributed by atoms with van der Waals surface area (Å²) in [6, 6.07) is 7.98. The Morgan fingerprint density at radius 2 is 2.15 bits per heavy atom. The average Bonchev–Trinajstić information content (AvgIpc) is 3.15. The number of hydrogen-bond acceptors (Lipinski definition) is 4. The first-order valence-corrected chi connectivity index (χ1v) is 8.21. The molecule has 1 aliphatic rings. The Morgan fingerprint density at radius 1 is 1.31 bits per heavy atom. The molecule has 0 spiro atoms. The van der Waals surface area contributed by atoms with Gasteiger partial charge in [-0.25, -0.2) is 4.98 Å². The first-order valence-electron chi connectivity index (χ1n) is 8.21. The SMILES string of the molecule is O=C(NCc1cccnc1Oc1cccc(C(F)(F)F)c1)[C@@H]1CCNC1. The van der Waals surface area contributed by atoms with Crippen LogP contribution in [0.3, 0.4) is 0 Å². The van der Waals surface area contributed by atoms with E-state index in [1.165, 1.54) is 18.3 Å². The van der Waals surface area contributed by atoms with Crippen molar-refractivity contribution in [2.45, 2.75) is 19.1 Å². The van der Waals surface area contributed by atoms with E-state index >= 15 is 0 Å². The number of pyridine rings is 1. The van der Waals surface area contributed by atoms with E-state index in [4.69, 9.17) is 4.74 Å². The van der Waals surface area contributed by atoms with Gasteiger partial charge in [0, 0.05) is 24.8 Å². The maximum absolute atomic E-state index is 12.8. The van der Waals surface area contributed by atoms with Crippen molar-refractivity contribution in [2.24, 2.45) is 5.92 Å². The average molecular weight is 365 g/mol. The number of benzene rings is 1. The van der Waals surface area contributed by atoms with Crippen molar-refractivity contribution in [1.82, 2.24) is 15.6 Å². The number of halogens is 3. The van der Waals surface area contributed by atoms with Crippen molar-refractivity contribution >= 4 is 5.91 Å². The Morgan fingerprint density at radius 3 is 2.88 bits per heavy atom. The van der Waals surface area contributed by atoms with E-state index in [-0.39, 0.29) is 30.0 Å². The van der Waals surface area contributed by atoms with E-state index in [9.17, 15) is 18.0 Å². The number of rotatable bonds is 5. The van der Waals surface area contributed by atoms with Crippen LogP contribution in [0.15, 0.2) is 42.6 Å². The molecule has 1 fully saturated rings. The molecule has 2 heterocycles. The molecule has 5 nitrogen and oxygen atoms in total. The van der Waals surface area contributed by atoms with Gasteiger partial charge < -0.3 is 15.4 Å². The number of carbonyl (C=O) groups is 1. The highest BCUT2D eigenvalue weighted by Gasteiger charge is 2.30. The minimum Gasteiger partial charge on any atom is -0.439 e. The number of alkyl halides is 3. The highest BCUT2D eigenvalue weighted by atomic mass is 19.4. The summed E-state index contributed by atoms with van der Waals surface area (Å²) >= 11 is 0. The molecule has 1 saturated heterocycles. The van der Waals surface area contributed by atoms with Gasteiger partial charge in [-0.15, -0.1) is 0 Å². The van der Waals surface area contributed by atoms with Gasteiger partial charge in [0.05, 0.1) is 11.5 Å². The van der Waals surface area contributed by atoms with Crippen LogP contribution in [0.4, 0.5) is 13.2 Å². The summed E-state index contributed by atoms with van der Waals surface area (Å²) in [7, 11) is 0. The second-order valence-electron chi connectivity index (χ2n) is 6.00. The smallest absolute Gasteiger partial charge is 0.416 e. The summed E-state index contributed by atoms with van der Waals surface area (Å²) in [5, 5.41) is 5.95. The van der Waals surface area contributed by atoms with Crippen LogP contribution in [0.25, 0.3) is 0 Å². The fourth-order valence-corrected chi connectivity index (χ4v) is 2.70. The number of ether oxygens (including phenoxy) is 1. The topological polar surface area (TPSA) is 63.2 Å². The lowest BCUT2D eigenvalue weighted by Crippen LogP contribution is -2.31. The maximum Gasteiger partial charge on any atom is 0.416 e. The zero-order valence-electron chi connectivity index (χ0n) is 13.8. The van der Waals surface area contributed by atoms with Crippen LogP contribution in [0, 0.1) is 5.92 Å². The number of amides is 1. The summed E-state index contributed by atoms with van der Waals surface area (Å²) < 4.78 is 44.0. The molecule has 1 aromatic carbocycles. The Labute approximate surface area is 148 Å². The molecule has 0 unspecified atom stereocenters. The third kappa shape index (κ3) is 4.51. The molecule has 138 valence electrons. The van der Waals surface area contributed by atoms with Crippen molar-refractivity contribution in [1.29, 1.82) is 0 Å². The quantitative estimate of drug-likeness (QED) is 0.855. The Balaban J connectivity index is 1.70. The van der Waals surface area contributed by atoms with E-state index in [1.54, 1.807) is 12.1 Å². The van der Waals surface area contributed by atoms with Gasteiger partial charge in [0.2, 0.25) is 11.8 Å². The largest absolute Gasteiger partial charge is 0.439 e. The van der Waals surface area contributed by atoms with Gasteiger partial charge in [0.1, 0.15) is 5.75 Å². The molecule has 26 heavy (non-hydrogen) atoms. The van der Waals surface area contributed by atoms with Crippen LogP contribution < -0.4 is 15.4 Å². The highest BCUT2D eigenvalue weighted by molar-refractivity contribution is 5.79. The third-order valence-corrected chi connectivity index (χ3v) is 4.11. The number of nitrogens with zero attached hydrogens (tertiary/aromatic N) is 1. The first-order chi connectivity index (χ1) is 12.4. The van der Waals surface area contributed by atoms with E-state index in [2.05, 4.69) is 15.6 Å². The van der Waals surface area contributed by atoms with Crippen molar-refractivity contribution in [3.05, 3.63) is 53.7 Å². The van der Waals surface area contributed by atoms with Gasteiger partial charge in [-0.05, 0) is 37.2 Å². The normalized spacial score (nSPS) is 17.1. The first kappa shape index (κ1) is 18.2. The number of aromatic nitrogens is 1. The lowest BCUT2D eigenvalue weighted by Gasteiger charge is -2.13. The van der Waals surface area contributed by atoms with Crippen molar-refractivity contribution < 1.29 is 22.7 Å². The molecule has 1 aliphatic heterocycles. The van der Waals surface area contributed by atoms with Gasteiger partial charge >= 0.3 is 6.18 Å². The summed E-state index contributed by atoms with van der Waals surface area (Å²) in [6.45, 7) is 1.65. The van der Waals surface area contributed by atoms with Crippen LogP contribution >= 0.6 is 0 Å². The molecule has 0 radical (unpaired) electrons. The van der Waals surface area contributed by atoms with E-state index in [1.807, 2.05) is 0 Å². The fourth-order valence-electron chi connectivity index (χ4n) is 2.70. The summed E-state index contributed by atoms with van der Waals surface area (Å²) in [6.07, 6.45) is -2.18. The molecule has 8 heteroatoms. The molecule has 2 N–H and O–H groups in total. The molecule has 1 amide bonds. The van der Waals surface area contributed by atoms with Crippen molar-refractivity contribution in [3.63, 3.8) is 0 Å². The highest BCUT2D eigenvalue weighted by Crippen LogP contribution is 2.32.